The van der Waals surface area contributed by atoms with Gasteiger partial charge in [0.25, 0.3) is 0 Å². The van der Waals surface area contributed by atoms with E-state index in [1.807, 2.05) is 6.08 Å². The van der Waals surface area contributed by atoms with Gasteiger partial charge < -0.3 is 51.2 Å². The number of Topliss-reactive ketones (excluding diaryl/α,β-unsaturated/α-hetero) is 1. The van der Waals surface area contributed by atoms with E-state index in [9.17, 15) is 4.79 Å². The highest BCUT2D eigenvalue weighted by Gasteiger charge is 2.68. The second kappa shape index (κ2) is 25.1. The van der Waals surface area contributed by atoms with Crippen molar-refractivity contribution in [3.63, 3.8) is 0 Å². The van der Waals surface area contributed by atoms with Crippen molar-refractivity contribution in [2.24, 2.45) is 11.8 Å². The Hall–Kier alpha value is -0.899. The SMILES string of the molecule is C=C1CC2CC[C@@]34C[C@H]5O[C@H]6C(O3)C(O[Si](CC)(CC)CC)C(C/C=C/CC(=O)CC3[C@@H](OC)C(CC(CO[Si](CC)(CC)CC)O[Si](CC)(CC)CC)O[C@H]3CC3OC(CCC1O2)CC(C)C3=C)O[C@H]6C5O4. The number of ketones is 1. The van der Waals surface area contributed by atoms with E-state index in [0.717, 1.165) is 97.6 Å². The molecule has 1 spiro atoms. The molecular formula is C58H100O12Si3. The Balaban J connectivity index is 1.08. The zero-order valence-electron chi connectivity index (χ0n) is 47.3. The number of carbonyl (C=O) groups is 1. The van der Waals surface area contributed by atoms with Crippen LogP contribution in [0.2, 0.25) is 54.4 Å². The van der Waals surface area contributed by atoms with Crippen LogP contribution >= 0.6 is 0 Å². The molecule has 73 heavy (non-hydrogen) atoms. The van der Waals surface area contributed by atoms with Crippen molar-refractivity contribution in [2.75, 3.05) is 13.7 Å². The van der Waals surface area contributed by atoms with Gasteiger partial charge in [-0.3, -0.25) is 4.79 Å². The molecule has 0 N–H and O–H groups in total. The molecule has 8 fully saturated rings. The molecule has 416 valence electrons. The molecule has 9 heterocycles. The maximum Gasteiger partial charge on any atom is 0.192 e. The number of rotatable bonds is 19. The summed E-state index contributed by atoms with van der Waals surface area (Å²) in [6.07, 6.45) is 9.57. The summed E-state index contributed by atoms with van der Waals surface area (Å²) >= 11 is 0. The highest BCUT2D eigenvalue weighted by Crippen LogP contribution is 2.54. The van der Waals surface area contributed by atoms with E-state index in [-0.39, 0.29) is 109 Å². The number of carbonyl (C=O) groups excluding carboxylic acids is 1. The van der Waals surface area contributed by atoms with Gasteiger partial charge in [-0.15, -0.1) is 0 Å². The van der Waals surface area contributed by atoms with Crippen LogP contribution in [0.15, 0.2) is 36.5 Å². The lowest BCUT2D eigenvalue weighted by Gasteiger charge is -2.47. The first-order chi connectivity index (χ1) is 35.1. The Kier molecular flexibility index (Phi) is 20.0. The fourth-order valence-corrected chi connectivity index (χ4v) is 23.0. The number of hydrogen-bond acceptors (Lipinski definition) is 12. The minimum absolute atomic E-state index is 0.0287. The third-order valence-electron chi connectivity index (χ3n) is 20.2. The molecule has 9 aliphatic heterocycles. The quantitative estimate of drug-likeness (QED) is 0.0905. The van der Waals surface area contributed by atoms with Crippen LogP contribution in [0.3, 0.4) is 0 Å². The Bertz CT molecular complexity index is 1850. The molecule has 8 saturated heterocycles. The molecular weight excluding hydrogens is 973 g/mol. The second-order valence-corrected chi connectivity index (χ2v) is 38.0. The van der Waals surface area contributed by atoms with E-state index in [1.165, 1.54) is 0 Å². The van der Waals surface area contributed by atoms with Crippen molar-refractivity contribution in [3.8, 4) is 0 Å². The van der Waals surface area contributed by atoms with Crippen molar-refractivity contribution in [2.45, 2.75) is 298 Å². The molecule has 0 amide bonds. The normalized spacial score (nSPS) is 40.3. The standard InChI is InChI=1S/C58H100O12Si3/c1-14-71(15-2,16-3)61-37-44(69-72(17-4,18-5)19-6)34-50-52(60-13)45-33-41(59)25-23-24-26-47-54(70-73(20-7,21-8)22-9)57-56-55(65-47)53-51(66-56)36-58(67-53,68-57)30-29-43-32-39(11)46(62-43)28-27-42-31-38(10)40(12)48(63-42)35-49(45)64-50/h23-24,38,42-57H,11-12,14-22,25-37H2,1-10,13H3/b24-23+/t38?,42?,43?,44?,45?,46?,47?,48?,49-,50?,51+,52+,53?,54?,55-,56+,57?,58-/m0/s1. The Morgan fingerprint density at radius 1 is 0.671 bits per heavy atom. The van der Waals surface area contributed by atoms with Crippen molar-refractivity contribution in [3.05, 3.63) is 36.5 Å². The predicted octanol–water partition coefficient (Wildman–Crippen LogP) is 12.3. The molecule has 0 aromatic rings. The maximum atomic E-state index is 14.5. The summed E-state index contributed by atoms with van der Waals surface area (Å²) in [7, 11) is -4.28. The van der Waals surface area contributed by atoms with Gasteiger partial charge in [0, 0.05) is 51.6 Å². The number of methoxy groups -OCH3 is 1. The minimum atomic E-state index is -2.13. The van der Waals surface area contributed by atoms with Crippen molar-refractivity contribution < 1.29 is 56.0 Å². The van der Waals surface area contributed by atoms with Crippen molar-refractivity contribution in [1.82, 2.24) is 0 Å². The highest BCUT2D eigenvalue weighted by molar-refractivity contribution is 6.74. The van der Waals surface area contributed by atoms with Gasteiger partial charge in [-0.25, -0.2) is 0 Å². The fraction of sp³-hybridized carbons (Fsp3) is 0.879. The number of fused-ring (bicyclic) bond motifs is 6. The van der Waals surface area contributed by atoms with Gasteiger partial charge in [-0.05, 0) is 110 Å². The molecule has 11 bridgehead atoms. The summed E-state index contributed by atoms with van der Waals surface area (Å²) in [5.74, 6) is -0.515. The first kappa shape index (κ1) is 58.3. The van der Waals surface area contributed by atoms with Gasteiger partial charge in [0.15, 0.2) is 30.7 Å². The van der Waals surface area contributed by atoms with Crippen LogP contribution in [0.1, 0.15) is 146 Å². The van der Waals surface area contributed by atoms with Gasteiger partial charge in [0.2, 0.25) is 0 Å². The lowest BCUT2D eigenvalue weighted by atomic mass is 9.81. The summed E-state index contributed by atoms with van der Waals surface area (Å²) in [6.45, 7) is 32.6. The van der Waals surface area contributed by atoms with Crippen molar-refractivity contribution in [1.29, 1.82) is 0 Å². The molecule has 0 aromatic carbocycles. The largest absolute Gasteiger partial charge is 0.414 e. The van der Waals surface area contributed by atoms with E-state index in [0.29, 0.717) is 51.6 Å². The molecule has 0 aliphatic carbocycles. The molecule has 0 aromatic heterocycles. The fourth-order valence-electron chi connectivity index (χ4n) is 14.6. The average molecular weight is 1070 g/mol. The number of hydrogen-bond donors (Lipinski definition) is 0. The average Bonchev–Trinajstić information content (AvgIpc) is 4.08. The predicted molar refractivity (Wildman–Crippen MR) is 294 cm³/mol. The van der Waals surface area contributed by atoms with Crippen LogP contribution in [0.25, 0.3) is 0 Å². The van der Waals surface area contributed by atoms with Gasteiger partial charge in [0.1, 0.15) is 36.3 Å². The van der Waals surface area contributed by atoms with Crippen LogP contribution in [-0.4, -0.2) is 142 Å². The number of allylic oxidation sites excluding steroid dienone is 1. The molecule has 12 unspecified atom stereocenters. The summed E-state index contributed by atoms with van der Waals surface area (Å²) in [5.41, 5.74) is 2.26. The molecule has 0 radical (unpaired) electrons. The Labute approximate surface area is 444 Å². The first-order valence-corrected chi connectivity index (χ1v) is 37.4. The van der Waals surface area contributed by atoms with E-state index < -0.39 is 30.7 Å². The smallest absolute Gasteiger partial charge is 0.192 e. The molecule has 18 atom stereocenters. The lowest BCUT2D eigenvalue weighted by Crippen LogP contribution is -2.62. The third-order valence-corrected chi connectivity index (χ3v) is 34.2. The molecule has 9 aliphatic rings. The number of ether oxygens (including phenoxy) is 8. The van der Waals surface area contributed by atoms with E-state index >= 15 is 0 Å². The third kappa shape index (κ3) is 12.5. The van der Waals surface area contributed by atoms with Crippen LogP contribution in [0.4, 0.5) is 0 Å². The van der Waals surface area contributed by atoms with E-state index in [2.05, 4.69) is 88.5 Å². The molecule has 0 saturated carbocycles. The molecule has 15 heteroatoms. The second-order valence-electron chi connectivity index (χ2n) is 23.8. The lowest BCUT2D eigenvalue weighted by molar-refractivity contribution is -0.271. The molecule has 9 rings (SSSR count). The van der Waals surface area contributed by atoms with E-state index in [1.54, 1.807) is 7.11 Å². The van der Waals surface area contributed by atoms with Gasteiger partial charge >= 0.3 is 0 Å². The van der Waals surface area contributed by atoms with Crippen molar-refractivity contribution >= 4 is 30.7 Å². The van der Waals surface area contributed by atoms with Gasteiger partial charge in [-0.2, -0.15) is 0 Å². The summed E-state index contributed by atoms with van der Waals surface area (Å²) in [4.78, 5) is 14.5. The topological polar surface area (TPSA) is 119 Å². The minimum Gasteiger partial charge on any atom is -0.414 e. The van der Waals surface area contributed by atoms with Gasteiger partial charge in [0.05, 0.1) is 67.6 Å². The Morgan fingerprint density at radius 3 is 1.99 bits per heavy atom. The van der Waals surface area contributed by atoms with Crippen LogP contribution in [-0.2, 0) is 56.0 Å². The Morgan fingerprint density at radius 2 is 1.32 bits per heavy atom. The zero-order chi connectivity index (χ0) is 52.3. The monoisotopic (exact) mass is 1070 g/mol. The molecule has 12 nitrogen and oxygen atoms in total. The summed E-state index contributed by atoms with van der Waals surface area (Å²) in [6, 6.07) is 9.47. The van der Waals surface area contributed by atoms with Crippen LogP contribution < -0.4 is 0 Å². The summed E-state index contributed by atoms with van der Waals surface area (Å²) < 4.78 is 77.8. The zero-order valence-corrected chi connectivity index (χ0v) is 50.3. The van der Waals surface area contributed by atoms with Crippen LogP contribution in [0.5, 0.6) is 0 Å². The van der Waals surface area contributed by atoms with Gasteiger partial charge in [-0.1, -0.05) is 94.5 Å². The first-order valence-electron chi connectivity index (χ1n) is 29.8. The highest BCUT2D eigenvalue weighted by atomic mass is 28.4. The summed E-state index contributed by atoms with van der Waals surface area (Å²) in [5, 5.41) is 0. The van der Waals surface area contributed by atoms with E-state index in [4.69, 9.17) is 51.2 Å². The maximum absolute atomic E-state index is 14.5. The van der Waals surface area contributed by atoms with Crippen LogP contribution in [0, 0.1) is 11.8 Å².